The molecule has 3 nitrogen and oxygen atoms in total. The van der Waals surface area contributed by atoms with Gasteiger partial charge in [0.1, 0.15) is 0 Å². The first-order chi connectivity index (χ1) is 28.4. The maximum absolute atomic E-state index is 8.67. The fourth-order valence-corrected chi connectivity index (χ4v) is 6.28. The van der Waals surface area contributed by atoms with Crippen molar-refractivity contribution in [3.63, 3.8) is 0 Å². The number of benzene rings is 7. The Balaban J connectivity index is 1.23. The highest BCUT2D eigenvalue weighted by atomic mass is 15.0. The summed E-state index contributed by atoms with van der Waals surface area (Å²) in [4.78, 5) is 9.18. The lowest BCUT2D eigenvalue weighted by molar-refractivity contribution is 1.17. The van der Waals surface area contributed by atoms with Gasteiger partial charge in [0.05, 0.1) is 36.1 Å². The van der Waals surface area contributed by atoms with E-state index in [1.54, 1.807) is 0 Å². The fourth-order valence-electron chi connectivity index (χ4n) is 6.28. The van der Waals surface area contributed by atoms with Gasteiger partial charge in [0, 0.05) is 33.2 Å². The van der Waals surface area contributed by atoms with Crippen LogP contribution < -0.4 is 0 Å². The Morgan fingerprint density at radius 1 is 0.388 bits per heavy atom. The van der Waals surface area contributed by atoms with Crippen LogP contribution in [0.15, 0.2) is 188 Å². The molecule has 9 rings (SSSR count). The van der Waals surface area contributed by atoms with Gasteiger partial charge >= 0.3 is 0 Å². The molecule has 7 aromatic carbocycles. The molecule has 0 unspecified atom stereocenters. The monoisotopic (exact) mass is 635 g/mol. The van der Waals surface area contributed by atoms with Crippen LogP contribution in [-0.4, -0.2) is 14.5 Å². The zero-order valence-corrected chi connectivity index (χ0v) is 26.0. The van der Waals surface area contributed by atoms with Crippen molar-refractivity contribution in [3.8, 4) is 61.8 Å². The highest BCUT2D eigenvalue weighted by Gasteiger charge is 2.16. The van der Waals surface area contributed by atoms with Crippen LogP contribution in [-0.2, 0) is 0 Å². The minimum atomic E-state index is -0.584. The Morgan fingerprint density at radius 2 is 0.857 bits per heavy atom. The third-order valence-corrected chi connectivity index (χ3v) is 8.61. The van der Waals surface area contributed by atoms with Gasteiger partial charge in [-0.3, -0.25) is 0 Å². The van der Waals surface area contributed by atoms with E-state index in [4.69, 9.17) is 13.7 Å². The summed E-state index contributed by atoms with van der Waals surface area (Å²) in [7, 11) is 0. The molecule has 49 heavy (non-hydrogen) atoms. The zero-order valence-electron chi connectivity index (χ0n) is 36.0. The molecule has 0 N–H and O–H groups in total. The molecule has 230 valence electrons. The van der Waals surface area contributed by atoms with Crippen molar-refractivity contribution in [1.29, 1.82) is 0 Å². The van der Waals surface area contributed by atoms with E-state index in [1.165, 1.54) is 6.07 Å². The molecule has 0 aliphatic carbocycles. The van der Waals surface area contributed by atoms with Crippen LogP contribution in [0.1, 0.15) is 13.7 Å². The van der Waals surface area contributed by atoms with Crippen molar-refractivity contribution in [2.45, 2.75) is 0 Å². The lowest BCUT2D eigenvalue weighted by Gasteiger charge is -2.12. The highest BCUT2D eigenvalue weighted by Crippen LogP contribution is 2.38. The second kappa shape index (κ2) is 12.2. The lowest BCUT2D eigenvalue weighted by atomic mass is 10.0. The first-order valence-electron chi connectivity index (χ1n) is 20.8. The number of nitrogens with zero attached hydrogens (tertiary/aromatic N) is 3. The maximum Gasteiger partial charge on any atom is 0.160 e. The second-order valence-electron chi connectivity index (χ2n) is 11.5. The minimum absolute atomic E-state index is 0.0660. The Hall–Kier alpha value is -6.58. The summed E-state index contributed by atoms with van der Waals surface area (Å²) >= 11 is 0. The minimum Gasteiger partial charge on any atom is -0.309 e. The fraction of sp³-hybridized carbons (Fsp3) is 0. The van der Waals surface area contributed by atoms with Crippen LogP contribution in [0, 0.1) is 0 Å². The van der Waals surface area contributed by atoms with Crippen LogP contribution in [0.5, 0.6) is 0 Å². The predicted molar refractivity (Wildman–Crippen MR) is 204 cm³/mol. The average Bonchev–Trinajstić information content (AvgIpc) is 3.60. The van der Waals surface area contributed by atoms with Crippen molar-refractivity contribution in [2.24, 2.45) is 0 Å². The van der Waals surface area contributed by atoms with Gasteiger partial charge in [0.15, 0.2) is 5.82 Å². The first kappa shape index (κ1) is 19.9. The van der Waals surface area contributed by atoms with E-state index >= 15 is 0 Å². The standard InChI is InChI=1S/C46H31N3/c1-5-13-32(14-6-1)37-23-27-44-40(29-37)41-30-38(33-15-7-2-8-16-33)24-28-45(41)49(44)39-25-21-35(22-26-39)43-31-42(34-17-9-3-10-18-34)47-46(48-43)36-19-11-4-12-20-36/h1-31H/i3D,4D,9D,10D,11D,12D,17D,18D,19D,20D. The molecule has 0 radical (unpaired) electrons. The molecule has 0 fully saturated rings. The van der Waals surface area contributed by atoms with Gasteiger partial charge in [-0.15, -0.1) is 0 Å². The smallest absolute Gasteiger partial charge is 0.160 e. The Labute approximate surface area is 299 Å². The SMILES string of the molecule is [2H]c1c([2H])c([2H])c(-c2cc(-c3ccc(-n4c5ccc(-c6ccccc6)cc5c5cc(-c6ccccc6)ccc54)cc3)nc(-c3c([2H])c([2H])c([2H])c([2H])c3[2H])n2)c([2H])c1[2H]. The van der Waals surface area contributed by atoms with Crippen LogP contribution in [0.25, 0.3) is 83.6 Å². The molecule has 0 aliphatic heterocycles. The normalized spacial score (nSPS) is 14.1. The summed E-state index contributed by atoms with van der Waals surface area (Å²) in [6.07, 6.45) is 0. The second-order valence-corrected chi connectivity index (χ2v) is 11.5. The van der Waals surface area contributed by atoms with E-state index in [9.17, 15) is 0 Å². The topological polar surface area (TPSA) is 30.7 Å². The number of rotatable bonds is 6. The van der Waals surface area contributed by atoms with E-state index in [1.807, 2.05) is 60.7 Å². The molecule has 0 amide bonds. The van der Waals surface area contributed by atoms with Crippen molar-refractivity contribution in [2.75, 3.05) is 0 Å². The Kier molecular flexibility index (Phi) is 4.97. The molecular weight excluding hydrogens is 595 g/mol. The third-order valence-electron chi connectivity index (χ3n) is 8.61. The number of hydrogen-bond donors (Lipinski definition) is 0. The van der Waals surface area contributed by atoms with E-state index in [2.05, 4.69) is 75.2 Å². The summed E-state index contributed by atoms with van der Waals surface area (Å²) in [5.41, 5.74) is 7.47. The molecule has 0 spiro atoms. The molecule has 0 aliphatic rings. The lowest BCUT2D eigenvalue weighted by Crippen LogP contribution is -1.97. The number of fused-ring (bicyclic) bond motifs is 3. The Bertz CT molecular complexity index is 2910. The molecule has 0 saturated heterocycles. The van der Waals surface area contributed by atoms with Crippen molar-refractivity contribution < 1.29 is 13.7 Å². The molecule has 9 aromatic rings. The Morgan fingerprint density at radius 3 is 1.39 bits per heavy atom. The van der Waals surface area contributed by atoms with Gasteiger partial charge in [-0.25, -0.2) is 9.97 Å². The van der Waals surface area contributed by atoms with Crippen molar-refractivity contribution in [3.05, 3.63) is 188 Å². The molecule has 2 heterocycles. The van der Waals surface area contributed by atoms with Crippen LogP contribution in [0.4, 0.5) is 0 Å². The number of hydrogen-bond acceptors (Lipinski definition) is 2. The molecule has 0 atom stereocenters. The summed E-state index contributed by atoms with van der Waals surface area (Å²) in [6, 6.07) is 36.9. The highest BCUT2D eigenvalue weighted by molar-refractivity contribution is 6.11. The van der Waals surface area contributed by atoms with Gasteiger partial charge in [-0.1, -0.05) is 145 Å². The van der Waals surface area contributed by atoms with E-state index in [0.29, 0.717) is 5.56 Å². The van der Waals surface area contributed by atoms with E-state index in [0.717, 1.165) is 49.7 Å². The summed E-state index contributed by atoms with van der Waals surface area (Å²) < 4.78 is 86.3. The zero-order chi connectivity index (χ0) is 41.3. The third kappa shape index (κ3) is 5.38. The maximum atomic E-state index is 8.67. The average molecular weight is 636 g/mol. The quantitative estimate of drug-likeness (QED) is 0.182. The molecule has 3 heteroatoms. The summed E-state index contributed by atoms with van der Waals surface area (Å²) in [5, 5.41) is 2.15. The summed E-state index contributed by atoms with van der Waals surface area (Å²) in [5.74, 6) is -0.253. The van der Waals surface area contributed by atoms with Gasteiger partial charge in [-0.2, -0.15) is 0 Å². The van der Waals surface area contributed by atoms with Crippen LogP contribution in [0.2, 0.25) is 0 Å². The molecule has 0 saturated carbocycles. The predicted octanol–water partition coefficient (Wildman–Crippen LogP) is 11.9. The molecule has 0 bridgehead atoms. The molecule has 2 aromatic heterocycles. The van der Waals surface area contributed by atoms with E-state index in [-0.39, 0.29) is 28.3 Å². The van der Waals surface area contributed by atoms with Crippen molar-refractivity contribution in [1.82, 2.24) is 14.5 Å². The van der Waals surface area contributed by atoms with Crippen molar-refractivity contribution >= 4 is 21.8 Å². The van der Waals surface area contributed by atoms with Gasteiger partial charge < -0.3 is 4.57 Å². The van der Waals surface area contributed by atoms with Crippen LogP contribution in [0.3, 0.4) is 0 Å². The van der Waals surface area contributed by atoms with E-state index < -0.39 is 60.4 Å². The van der Waals surface area contributed by atoms with Gasteiger partial charge in [-0.05, 0) is 64.7 Å². The molecular formula is C46H31N3. The van der Waals surface area contributed by atoms with Gasteiger partial charge in [0.2, 0.25) is 0 Å². The first-order valence-corrected chi connectivity index (χ1v) is 15.8. The largest absolute Gasteiger partial charge is 0.309 e. The summed E-state index contributed by atoms with van der Waals surface area (Å²) in [6.45, 7) is 0. The van der Waals surface area contributed by atoms with Crippen LogP contribution >= 0.6 is 0 Å². The number of aromatic nitrogens is 3. The van der Waals surface area contributed by atoms with Gasteiger partial charge in [0.25, 0.3) is 0 Å².